The zero-order chi connectivity index (χ0) is 12.2. The van der Waals surface area contributed by atoms with E-state index in [-0.39, 0.29) is 5.97 Å². The molecule has 0 amide bonds. The predicted octanol–water partition coefficient (Wildman–Crippen LogP) is 1.49. The minimum absolute atomic E-state index is 0.297. The van der Waals surface area contributed by atoms with Gasteiger partial charge in [0.05, 0.1) is 11.5 Å². The first-order valence-corrected chi connectivity index (χ1v) is 5.44. The standard InChI is InChI=1S/C10H13NO4S/c1-7(6-12)16-14-5-4-8-11-10(2,3)9(13)15-8/h6H,1,4-5H2,2-3H3. The third kappa shape index (κ3) is 3.46. The van der Waals surface area contributed by atoms with E-state index < -0.39 is 5.54 Å². The summed E-state index contributed by atoms with van der Waals surface area (Å²) in [4.78, 5) is 25.8. The molecule has 0 bridgehead atoms. The van der Waals surface area contributed by atoms with Gasteiger partial charge in [-0.3, -0.25) is 4.79 Å². The smallest absolute Gasteiger partial charge is 0.340 e. The van der Waals surface area contributed by atoms with Crippen molar-refractivity contribution in [2.45, 2.75) is 25.8 Å². The SMILES string of the molecule is C=C(C=O)SOCCC1=NC(C)(C)C(=O)O1. The maximum absolute atomic E-state index is 11.3. The number of cyclic esters (lactones) is 1. The van der Waals surface area contributed by atoms with Crippen molar-refractivity contribution < 1.29 is 18.5 Å². The largest absolute Gasteiger partial charge is 0.410 e. The fourth-order valence-corrected chi connectivity index (χ4v) is 1.34. The average molecular weight is 243 g/mol. The number of esters is 1. The molecule has 0 aromatic carbocycles. The molecule has 1 aliphatic heterocycles. The number of hydrogen-bond donors (Lipinski definition) is 0. The van der Waals surface area contributed by atoms with Crippen molar-refractivity contribution in [1.29, 1.82) is 0 Å². The molecule has 1 aliphatic rings. The highest BCUT2D eigenvalue weighted by atomic mass is 32.2. The van der Waals surface area contributed by atoms with E-state index in [1.165, 1.54) is 0 Å². The van der Waals surface area contributed by atoms with E-state index >= 15 is 0 Å². The molecule has 0 N–H and O–H groups in total. The van der Waals surface area contributed by atoms with Crippen LogP contribution in [0, 0.1) is 0 Å². The normalized spacial score (nSPS) is 17.9. The molecule has 6 heteroatoms. The third-order valence-electron chi connectivity index (χ3n) is 1.81. The van der Waals surface area contributed by atoms with E-state index in [4.69, 9.17) is 8.92 Å². The van der Waals surface area contributed by atoms with Gasteiger partial charge >= 0.3 is 5.97 Å². The summed E-state index contributed by atoms with van der Waals surface area (Å²) < 4.78 is 10.0. The lowest BCUT2D eigenvalue weighted by atomic mass is 10.1. The average Bonchev–Trinajstić information content (AvgIpc) is 2.47. The molecular formula is C10H13NO4S. The van der Waals surface area contributed by atoms with E-state index in [9.17, 15) is 9.59 Å². The quantitative estimate of drug-likeness (QED) is 0.232. The van der Waals surface area contributed by atoms with Crippen molar-refractivity contribution in [1.82, 2.24) is 0 Å². The monoisotopic (exact) mass is 243 g/mol. The van der Waals surface area contributed by atoms with Gasteiger partial charge in [-0.25, -0.2) is 9.79 Å². The minimum Gasteiger partial charge on any atom is -0.410 e. The summed E-state index contributed by atoms with van der Waals surface area (Å²) >= 11 is 0.902. The molecule has 0 aliphatic carbocycles. The van der Waals surface area contributed by atoms with Crippen LogP contribution in [0.3, 0.4) is 0 Å². The topological polar surface area (TPSA) is 65.0 Å². The van der Waals surface area contributed by atoms with Crippen molar-refractivity contribution in [3.63, 3.8) is 0 Å². The van der Waals surface area contributed by atoms with E-state index in [1.807, 2.05) is 0 Å². The van der Waals surface area contributed by atoms with Gasteiger partial charge in [0, 0.05) is 18.5 Å². The van der Waals surface area contributed by atoms with Crippen LogP contribution in [0.15, 0.2) is 16.5 Å². The molecule has 0 spiro atoms. The highest BCUT2D eigenvalue weighted by molar-refractivity contribution is 7.99. The fraction of sp³-hybridized carbons (Fsp3) is 0.500. The Labute approximate surface area is 98.1 Å². The molecule has 0 saturated heterocycles. The number of nitrogens with zero attached hydrogens (tertiary/aromatic N) is 1. The highest BCUT2D eigenvalue weighted by Gasteiger charge is 2.36. The lowest BCUT2D eigenvalue weighted by Crippen LogP contribution is -2.25. The highest BCUT2D eigenvalue weighted by Crippen LogP contribution is 2.20. The number of carbonyl (C=O) groups is 2. The van der Waals surface area contributed by atoms with E-state index in [1.54, 1.807) is 13.8 Å². The summed E-state index contributed by atoms with van der Waals surface area (Å²) in [5.74, 6) is 0.0137. The third-order valence-corrected chi connectivity index (χ3v) is 2.41. The van der Waals surface area contributed by atoms with E-state index in [0.29, 0.717) is 30.1 Å². The van der Waals surface area contributed by atoms with Crippen LogP contribution in [-0.4, -0.2) is 30.3 Å². The zero-order valence-corrected chi connectivity index (χ0v) is 10.0. The van der Waals surface area contributed by atoms with E-state index in [2.05, 4.69) is 11.6 Å². The van der Waals surface area contributed by atoms with Crippen LogP contribution in [0.25, 0.3) is 0 Å². The number of ether oxygens (including phenoxy) is 1. The number of allylic oxidation sites excluding steroid dienone is 1. The molecule has 88 valence electrons. The van der Waals surface area contributed by atoms with Gasteiger partial charge in [-0.05, 0) is 13.8 Å². The number of hydrogen-bond acceptors (Lipinski definition) is 6. The van der Waals surface area contributed by atoms with Crippen molar-refractivity contribution >= 4 is 30.2 Å². The molecule has 0 aromatic rings. The van der Waals surface area contributed by atoms with Crippen LogP contribution in [0.1, 0.15) is 20.3 Å². The molecule has 0 unspecified atom stereocenters. The summed E-state index contributed by atoms with van der Waals surface area (Å²) in [7, 11) is 0. The van der Waals surface area contributed by atoms with Gasteiger partial charge in [-0.2, -0.15) is 0 Å². The Morgan fingerprint density at radius 1 is 1.69 bits per heavy atom. The second-order valence-electron chi connectivity index (χ2n) is 3.69. The Morgan fingerprint density at radius 3 is 2.88 bits per heavy atom. The maximum atomic E-state index is 11.3. The first-order chi connectivity index (χ1) is 7.45. The molecule has 5 nitrogen and oxygen atoms in total. The summed E-state index contributed by atoms with van der Waals surface area (Å²) in [6.07, 6.45) is 1.01. The van der Waals surface area contributed by atoms with Crippen LogP contribution in [0.5, 0.6) is 0 Å². The van der Waals surface area contributed by atoms with Gasteiger partial charge < -0.3 is 8.92 Å². The lowest BCUT2D eigenvalue weighted by Gasteiger charge is -2.05. The Balaban J connectivity index is 2.28. The number of aliphatic imine (C=N–C) groups is 1. The fourth-order valence-electron chi connectivity index (χ4n) is 0.985. The molecule has 0 atom stereocenters. The molecule has 16 heavy (non-hydrogen) atoms. The Hall–Kier alpha value is -1.14. The minimum atomic E-state index is -0.797. The molecule has 1 heterocycles. The second-order valence-corrected chi connectivity index (χ2v) is 4.62. The van der Waals surface area contributed by atoms with Gasteiger partial charge in [0.1, 0.15) is 0 Å². The van der Waals surface area contributed by atoms with Gasteiger partial charge in [-0.15, -0.1) is 0 Å². The lowest BCUT2D eigenvalue weighted by molar-refractivity contribution is -0.138. The van der Waals surface area contributed by atoms with Crippen LogP contribution >= 0.6 is 12.0 Å². The Morgan fingerprint density at radius 2 is 2.38 bits per heavy atom. The van der Waals surface area contributed by atoms with Crippen molar-refractivity contribution in [2.75, 3.05) is 6.61 Å². The number of aldehydes is 1. The van der Waals surface area contributed by atoms with Crippen LogP contribution in [0.4, 0.5) is 0 Å². The number of carbonyl (C=O) groups excluding carboxylic acids is 2. The van der Waals surface area contributed by atoms with Gasteiger partial charge in [0.2, 0.25) is 0 Å². The van der Waals surface area contributed by atoms with Gasteiger partial charge in [-0.1, -0.05) is 6.58 Å². The van der Waals surface area contributed by atoms with Crippen molar-refractivity contribution in [3.8, 4) is 0 Å². The van der Waals surface area contributed by atoms with E-state index in [0.717, 1.165) is 12.0 Å². The predicted molar refractivity (Wildman–Crippen MR) is 61.0 cm³/mol. The van der Waals surface area contributed by atoms with Crippen LogP contribution < -0.4 is 0 Å². The van der Waals surface area contributed by atoms with Gasteiger partial charge in [0.15, 0.2) is 17.7 Å². The summed E-state index contributed by atoms with van der Waals surface area (Å²) in [6, 6.07) is 0. The Kier molecular flexibility index (Phi) is 4.26. The molecule has 0 fully saturated rings. The Bertz CT molecular complexity index is 349. The molecule has 0 radical (unpaired) electrons. The van der Waals surface area contributed by atoms with Crippen molar-refractivity contribution in [2.24, 2.45) is 4.99 Å². The maximum Gasteiger partial charge on any atom is 0.340 e. The first-order valence-electron chi connectivity index (χ1n) is 4.70. The summed E-state index contributed by atoms with van der Waals surface area (Å²) in [6.45, 7) is 7.11. The second kappa shape index (κ2) is 5.27. The summed E-state index contributed by atoms with van der Waals surface area (Å²) in [5.41, 5.74) is -0.797. The molecule has 0 saturated carbocycles. The molecule has 0 aromatic heterocycles. The van der Waals surface area contributed by atoms with Crippen LogP contribution in [0.2, 0.25) is 0 Å². The molecular weight excluding hydrogens is 230 g/mol. The first kappa shape index (κ1) is 12.9. The zero-order valence-electron chi connectivity index (χ0n) is 9.19. The van der Waals surface area contributed by atoms with Gasteiger partial charge in [0.25, 0.3) is 0 Å². The number of rotatable bonds is 6. The van der Waals surface area contributed by atoms with Crippen molar-refractivity contribution in [3.05, 3.63) is 11.5 Å². The molecule has 1 rings (SSSR count). The summed E-state index contributed by atoms with van der Waals surface area (Å²) in [5, 5.41) is 0. The van der Waals surface area contributed by atoms with Crippen LogP contribution in [-0.2, 0) is 18.5 Å².